The van der Waals surface area contributed by atoms with Crippen LogP contribution in [0.1, 0.15) is 50.2 Å². The molecule has 0 spiro atoms. The smallest absolute Gasteiger partial charge is 0.220 e. The van der Waals surface area contributed by atoms with Crippen molar-refractivity contribution in [3.05, 3.63) is 70.3 Å². The summed E-state index contributed by atoms with van der Waals surface area (Å²) >= 11 is 7.78. The van der Waals surface area contributed by atoms with E-state index in [0.29, 0.717) is 28.2 Å². The lowest BCUT2D eigenvalue weighted by atomic mass is 10.1. The number of rotatable bonds is 8. The van der Waals surface area contributed by atoms with Crippen molar-refractivity contribution >= 4 is 29.3 Å². The molecule has 1 aromatic heterocycles. The maximum atomic E-state index is 13.2. The molecule has 31 heavy (non-hydrogen) atoms. The predicted octanol–water partition coefficient (Wildman–Crippen LogP) is 5.88. The molecule has 1 heterocycles. The molecule has 0 radical (unpaired) electrons. The van der Waals surface area contributed by atoms with Crippen LogP contribution in [-0.4, -0.2) is 20.7 Å². The Morgan fingerprint density at radius 3 is 2.55 bits per heavy atom. The third-order valence-electron chi connectivity index (χ3n) is 4.71. The van der Waals surface area contributed by atoms with Gasteiger partial charge in [-0.15, -0.1) is 10.2 Å². The Balaban J connectivity index is 1.94. The van der Waals surface area contributed by atoms with Crippen LogP contribution in [0.25, 0.3) is 5.69 Å². The minimum absolute atomic E-state index is 0.0274. The molecule has 8 heteroatoms. The summed E-state index contributed by atoms with van der Waals surface area (Å²) in [7, 11) is 0. The lowest BCUT2D eigenvalue weighted by Crippen LogP contribution is -2.29. The number of carbonyl (C=O) groups is 1. The van der Waals surface area contributed by atoms with Gasteiger partial charge >= 0.3 is 0 Å². The van der Waals surface area contributed by atoms with Gasteiger partial charge in [0.25, 0.3) is 0 Å². The van der Waals surface area contributed by atoms with Crippen LogP contribution in [-0.2, 0) is 10.5 Å². The van der Waals surface area contributed by atoms with E-state index in [1.165, 1.54) is 23.9 Å². The predicted molar refractivity (Wildman–Crippen MR) is 123 cm³/mol. The molecule has 0 aliphatic heterocycles. The molecule has 3 aromatic rings. The zero-order chi connectivity index (χ0) is 22.5. The Kier molecular flexibility index (Phi) is 7.73. The van der Waals surface area contributed by atoms with Crippen molar-refractivity contribution in [2.24, 2.45) is 5.92 Å². The largest absolute Gasteiger partial charge is 0.346 e. The highest BCUT2D eigenvalue weighted by atomic mass is 35.5. The molecule has 0 aliphatic rings. The monoisotopic (exact) mass is 460 g/mol. The van der Waals surface area contributed by atoms with Crippen LogP contribution in [0.5, 0.6) is 0 Å². The molecule has 2 aromatic carbocycles. The van der Waals surface area contributed by atoms with Gasteiger partial charge in [-0.05, 0) is 55.2 Å². The molecule has 1 amide bonds. The van der Waals surface area contributed by atoms with Gasteiger partial charge in [0.2, 0.25) is 5.91 Å². The summed E-state index contributed by atoms with van der Waals surface area (Å²) in [6, 6.07) is 11.7. The van der Waals surface area contributed by atoms with Gasteiger partial charge in [0.1, 0.15) is 5.82 Å². The molecule has 3 rings (SSSR count). The van der Waals surface area contributed by atoms with Crippen molar-refractivity contribution < 1.29 is 9.18 Å². The average molecular weight is 461 g/mol. The van der Waals surface area contributed by atoms with Crippen LogP contribution in [0.3, 0.4) is 0 Å². The quantitative estimate of drug-likeness (QED) is 0.426. The van der Waals surface area contributed by atoms with Crippen molar-refractivity contribution in [2.75, 3.05) is 0 Å². The number of nitrogens with zero attached hydrogens (tertiary/aromatic N) is 3. The number of aromatic nitrogens is 3. The van der Waals surface area contributed by atoms with E-state index in [2.05, 4.69) is 15.5 Å². The molecule has 0 saturated carbocycles. The van der Waals surface area contributed by atoms with Crippen molar-refractivity contribution in [3.63, 3.8) is 0 Å². The number of aryl methyl sites for hydroxylation is 1. The Bertz CT molecular complexity index is 1050. The zero-order valence-corrected chi connectivity index (χ0v) is 19.6. The molecular formula is C23H26ClFN4OS. The Hall–Kier alpha value is -2.38. The molecular weight excluding hydrogens is 435 g/mol. The molecule has 0 fully saturated rings. The normalized spacial score (nSPS) is 12.2. The van der Waals surface area contributed by atoms with Crippen LogP contribution in [0.4, 0.5) is 4.39 Å². The zero-order valence-electron chi connectivity index (χ0n) is 18.0. The third kappa shape index (κ3) is 6.08. The van der Waals surface area contributed by atoms with E-state index in [1.807, 2.05) is 50.5 Å². The molecule has 164 valence electrons. The van der Waals surface area contributed by atoms with E-state index >= 15 is 0 Å². The maximum absolute atomic E-state index is 13.2. The van der Waals surface area contributed by atoms with Crippen LogP contribution in [0.2, 0.25) is 5.02 Å². The average Bonchev–Trinajstić information content (AvgIpc) is 3.12. The minimum Gasteiger partial charge on any atom is -0.346 e. The van der Waals surface area contributed by atoms with Crippen molar-refractivity contribution in [2.45, 2.75) is 51.1 Å². The summed E-state index contributed by atoms with van der Waals surface area (Å²) in [4.78, 5) is 12.3. The standard InChI is InChI=1S/C23H26ClFN4OS/c1-14(2)11-21(30)26-16(4)22-27-28-23(31-13-17-6-9-19(25)10-7-17)29(22)20-12-18(24)8-5-15(20)3/h5-10,12,14,16H,11,13H2,1-4H3,(H,26,30). The lowest BCUT2D eigenvalue weighted by molar-refractivity contribution is -0.122. The van der Waals surface area contributed by atoms with E-state index in [9.17, 15) is 9.18 Å². The minimum atomic E-state index is -0.336. The summed E-state index contributed by atoms with van der Waals surface area (Å²) in [5, 5.41) is 13.1. The fourth-order valence-corrected chi connectivity index (χ4v) is 4.24. The molecule has 5 nitrogen and oxygen atoms in total. The van der Waals surface area contributed by atoms with Gasteiger partial charge in [0.15, 0.2) is 11.0 Å². The number of amides is 1. The van der Waals surface area contributed by atoms with Gasteiger partial charge in [0, 0.05) is 17.2 Å². The lowest BCUT2D eigenvalue weighted by Gasteiger charge is -2.18. The molecule has 0 saturated heterocycles. The number of halogens is 2. The second-order valence-electron chi connectivity index (χ2n) is 7.91. The SMILES string of the molecule is Cc1ccc(Cl)cc1-n1c(SCc2ccc(F)cc2)nnc1C(C)NC(=O)CC(C)C. The maximum Gasteiger partial charge on any atom is 0.220 e. The fourth-order valence-electron chi connectivity index (χ4n) is 3.17. The van der Waals surface area contributed by atoms with Crippen LogP contribution in [0, 0.1) is 18.7 Å². The van der Waals surface area contributed by atoms with Crippen molar-refractivity contribution in [1.29, 1.82) is 0 Å². The molecule has 1 atom stereocenters. The van der Waals surface area contributed by atoms with E-state index in [4.69, 9.17) is 11.6 Å². The summed E-state index contributed by atoms with van der Waals surface area (Å²) in [5.74, 6) is 1.21. The summed E-state index contributed by atoms with van der Waals surface area (Å²) < 4.78 is 15.2. The van der Waals surface area contributed by atoms with E-state index in [0.717, 1.165) is 16.8 Å². The number of carbonyl (C=O) groups excluding carboxylic acids is 1. The van der Waals surface area contributed by atoms with Crippen LogP contribution in [0.15, 0.2) is 47.6 Å². The van der Waals surface area contributed by atoms with Crippen LogP contribution < -0.4 is 5.32 Å². The molecule has 1 N–H and O–H groups in total. The second-order valence-corrected chi connectivity index (χ2v) is 9.29. The highest BCUT2D eigenvalue weighted by Gasteiger charge is 2.22. The van der Waals surface area contributed by atoms with Gasteiger partial charge in [-0.2, -0.15) is 0 Å². The first-order valence-electron chi connectivity index (χ1n) is 10.1. The summed E-state index contributed by atoms with van der Waals surface area (Å²) in [6.07, 6.45) is 0.445. The number of benzene rings is 2. The summed E-state index contributed by atoms with van der Waals surface area (Å²) in [6.45, 7) is 7.90. The van der Waals surface area contributed by atoms with E-state index in [-0.39, 0.29) is 23.7 Å². The Morgan fingerprint density at radius 2 is 1.87 bits per heavy atom. The molecule has 1 unspecified atom stereocenters. The number of nitrogens with one attached hydrogen (secondary N) is 1. The highest BCUT2D eigenvalue weighted by Crippen LogP contribution is 2.30. The van der Waals surface area contributed by atoms with Gasteiger partial charge in [0.05, 0.1) is 11.7 Å². The van der Waals surface area contributed by atoms with E-state index in [1.54, 1.807) is 12.1 Å². The topological polar surface area (TPSA) is 59.8 Å². The molecule has 0 aliphatic carbocycles. The van der Waals surface area contributed by atoms with E-state index < -0.39 is 0 Å². The third-order valence-corrected chi connectivity index (χ3v) is 5.95. The van der Waals surface area contributed by atoms with Crippen molar-refractivity contribution in [1.82, 2.24) is 20.1 Å². The first-order chi connectivity index (χ1) is 14.7. The fraction of sp³-hybridized carbons (Fsp3) is 0.348. The number of hydrogen-bond acceptors (Lipinski definition) is 4. The first-order valence-corrected chi connectivity index (χ1v) is 11.5. The van der Waals surface area contributed by atoms with Gasteiger partial charge in [-0.3, -0.25) is 9.36 Å². The van der Waals surface area contributed by atoms with Gasteiger partial charge < -0.3 is 5.32 Å². The number of thioether (sulfide) groups is 1. The molecule has 0 bridgehead atoms. The second kappa shape index (κ2) is 10.3. The Morgan fingerprint density at radius 1 is 1.16 bits per heavy atom. The van der Waals surface area contributed by atoms with Gasteiger partial charge in [-0.25, -0.2) is 4.39 Å². The van der Waals surface area contributed by atoms with Crippen LogP contribution >= 0.6 is 23.4 Å². The summed E-state index contributed by atoms with van der Waals surface area (Å²) in [5.41, 5.74) is 2.84. The number of hydrogen-bond donors (Lipinski definition) is 1. The Labute approximate surface area is 191 Å². The first kappa shape index (κ1) is 23.3. The highest BCUT2D eigenvalue weighted by molar-refractivity contribution is 7.98. The van der Waals surface area contributed by atoms with Crippen molar-refractivity contribution in [3.8, 4) is 5.69 Å². The van der Waals surface area contributed by atoms with Gasteiger partial charge in [-0.1, -0.05) is 55.4 Å².